The Hall–Kier alpha value is -1.89. The van der Waals surface area contributed by atoms with Crippen LogP contribution in [0.15, 0.2) is 12.1 Å². The largest absolute Gasteiger partial charge is 0.383 e. The van der Waals surface area contributed by atoms with Crippen LogP contribution in [-0.2, 0) is 0 Å². The van der Waals surface area contributed by atoms with Crippen molar-refractivity contribution < 1.29 is 4.92 Å². The van der Waals surface area contributed by atoms with Crippen molar-refractivity contribution in [3.05, 3.63) is 22.2 Å². The fourth-order valence-electron chi connectivity index (χ4n) is 1.56. The Labute approximate surface area is 99.8 Å². The Morgan fingerprint density at radius 2 is 2.24 bits per heavy atom. The van der Waals surface area contributed by atoms with Crippen LogP contribution in [0.25, 0.3) is 0 Å². The number of nitrogens with two attached hydrogens (primary N) is 1. The Morgan fingerprint density at radius 3 is 2.76 bits per heavy atom. The highest BCUT2D eigenvalue weighted by Crippen LogP contribution is 2.19. The predicted octanol–water partition coefficient (Wildman–Crippen LogP) is 0.934. The van der Waals surface area contributed by atoms with E-state index in [0.29, 0.717) is 5.82 Å². The minimum Gasteiger partial charge on any atom is -0.383 e. The van der Waals surface area contributed by atoms with Crippen LogP contribution in [-0.4, -0.2) is 41.5 Å². The van der Waals surface area contributed by atoms with Gasteiger partial charge in [0.2, 0.25) is 0 Å². The number of pyridine rings is 1. The first-order valence-corrected chi connectivity index (χ1v) is 5.21. The number of aromatic nitrogens is 1. The summed E-state index contributed by atoms with van der Waals surface area (Å²) in [4.78, 5) is 16.2. The summed E-state index contributed by atoms with van der Waals surface area (Å²) < 4.78 is 0. The fraction of sp³-hybridized carbons (Fsp3) is 0.500. The highest BCUT2D eigenvalue weighted by molar-refractivity contribution is 5.53. The number of nitrogens with one attached hydrogen (secondary N) is 1. The van der Waals surface area contributed by atoms with E-state index >= 15 is 0 Å². The fourth-order valence-corrected chi connectivity index (χ4v) is 1.56. The van der Waals surface area contributed by atoms with Crippen molar-refractivity contribution in [2.24, 2.45) is 0 Å². The lowest BCUT2D eigenvalue weighted by Crippen LogP contribution is -2.30. The van der Waals surface area contributed by atoms with Crippen LogP contribution in [0.3, 0.4) is 0 Å². The lowest BCUT2D eigenvalue weighted by molar-refractivity contribution is -0.384. The topological polar surface area (TPSA) is 97.3 Å². The number of hydrogen-bond donors (Lipinski definition) is 2. The molecule has 1 atom stereocenters. The van der Waals surface area contributed by atoms with E-state index in [4.69, 9.17) is 5.73 Å². The first-order valence-electron chi connectivity index (χ1n) is 5.21. The molecule has 0 aliphatic rings. The van der Waals surface area contributed by atoms with Crippen LogP contribution in [0.4, 0.5) is 17.3 Å². The Balaban J connectivity index is 2.80. The Kier molecular flexibility index (Phi) is 4.22. The van der Waals surface area contributed by atoms with Gasteiger partial charge in [-0.2, -0.15) is 0 Å². The summed E-state index contributed by atoms with van der Waals surface area (Å²) in [7, 11) is 3.90. The monoisotopic (exact) mass is 239 g/mol. The number of nitrogens with zero attached hydrogens (tertiary/aromatic N) is 3. The van der Waals surface area contributed by atoms with E-state index in [0.717, 1.165) is 6.54 Å². The predicted molar refractivity (Wildman–Crippen MR) is 66.9 cm³/mol. The average molecular weight is 239 g/mol. The van der Waals surface area contributed by atoms with E-state index in [1.807, 2.05) is 25.9 Å². The molecule has 0 aliphatic carbocycles. The summed E-state index contributed by atoms with van der Waals surface area (Å²) in [5.41, 5.74) is 5.45. The van der Waals surface area contributed by atoms with Crippen molar-refractivity contribution in [3.63, 3.8) is 0 Å². The molecular weight excluding hydrogens is 222 g/mol. The third kappa shape index (κ3) is 4.23. The molecule has 1 rings (SSSR count). The van der Waals surface area contributed by atoms with Crippen molar-refractivity contribution in [2.75, 3.05) is 31.7 Å². The van der Waals surface area contributed by atoms with Crippen LogP contribution in [0.2, 0.25) is 0 Å². The van der Waals surface area contributed by atoms with Gasteiger partial charge in [-0.1, -0.05) is 0 Å². The maximum Gasteiger partial charge on any atom is 0.276 e. The van der Waals surface area contributed by atoms with Gasteiger partial charge < -0.3 is 16.0 Å². The molecule has 1 unspecified atom stereocenters. The molecule has 0 saturated heterocycles. The van der Waals surface area contributed by atoms with Crippen LogP contribution in [0.1, 0.15) is 6.92 Å². The van der Waals surface area contributed by atoms with E-state index in [1.54, 1.807) is 0 Å². The molecule has 0 bridgehead atoms. The van der Waals surface area contributed by atoms with Gasteiger partial charge in [-0.15, -0.1) is 0 Å². The van der Waals surface area contributed by atoms with Gasteiger partial charge in [0.15, 0.2) is 0 Å². The minimum atomic E-state index is -0.486. The van der Waals surface area contributed by atoms with Gasteiger partial charge in [-0.25, -0.2) is 4.98 Å². The third-order valence-corrected chi connectivity index (χ3v) is 2.07. The molecule has 7 nitrogen and oxygen atoms in total. The molecular formula is C10H17N5O2. The van der Waals surface area contributed by atoms with Crippen molar-refractivity contribution in [3.8, 4) is 0 Å². The number of hydrogen-bond acceptors (Lipinski definition) is 6. The van der Waals surface area contributed by atoms with Crippen LogP contribution >= 0.6 is 0 Å². The zero-order valence-electron chi connectivity index (χ0n) is 10.2. The second-order valence-corrected chi connectivity index (χ2v) is 4.20. The molecule has 1 aromatic heterocycles. The summed E-state index contributed by atoms with van der Waals surface area (Å²) >= 11 is 0. The number of nitrogen functional groups attached to an aromatic ring is 1. The SMILES string of the molecule is CC(CN(C)C)Nc1cc([N+](=O)[O-])cc(N)n1. The lowest BCUT2D eigenvalue weighted by Gasteiger charge is -2.18. The number of rotatable bonds is 5. The Bertz CT molecular complexity index is 408. The van der Waals surface area contributed by atoms with E-state index < -0.39 is 4.92 Å². The smallest absolute Gasteiger partial charge is 0.276 e. The highest BCUT2D eigenvalue weighted by atomic mass is 16.6. The summed E-state index contributed by atoms with van der Waals surface area (Å²) in [6.07, 6.45) is 0. The molecule has 0 fully saturated rings. The van der Waals surface area contributed by atoms with Crippen molar-refractivity contribution in [1.82, 2.24) is 9.88 Å². The van der Waals surface area contributed by atoms with Crippen LogP contribution in [0, 0.1) is 10.1 Å². The molecule has 0 saturated carbocycles. The van der Waals surface area contributed by atoms with Gasteiger partial charge in [0.25, 0.3) is 5.69 Å². The van der Waals surface area contributed by atoms with Crippen LogP contribution in [0.5, 0.6) is 0 Å². The molecule has 3 N–H and O–H groups in total. The van der Waals surface area contributed by atoms with E-state index in [-0.39, 0.29) is 17.5 Å². The first-order chi connectivity index (χ1) is 7.88. The second-order valence-electron chi connectivity index (χ2n) is 4.20. The zero-order chi connectivity index (χ0) is 13.0. The second kappa shape index (κ2) is 5.44. The van der Waals surface area contributed by atoms with Crippen molar-refractivity contribution in [2.45, 2.75) is 13.0 Å². The van der Waals surface area contributed by atoms with Gasteiger partial charge in [-0.3, -0.25) is 10.1 Å². The molecule has 7 heteroatoms. The molecule has 0 aliphatic heterocycles. The van der Waals surface area contributed by atoms with E-state index in [2.05, 4.69) is 10.3 Å². The number of likely N-dealkylation sites (N-methyl/N-ethyl adjacent to an activating group) is 1. The van der Waals surface area contributed by atoms with Gasteiger partial charge in [0.05, 0.1) is 17.1 Å². The molecule has 1 heterocycles. The Morgan fingerprint density at radius 1 is 1.59 bits per heavy atom. The average Bonchev–Trinajstić information content (AvgIpc) is 2.14. The first kappa shape index (κ1) is 13.2. The molecule has 17 heavy (non-hydrogen) atoms. The van der Waals surface area contributed by atoms with Crippen LogP contribution < -0.4 is 11.1 Å². The standard InChI is InChI=1S/C10H17N5O2/c1-7(6-14(2)3)12-10-5-8(15(16)17)4-9(11)13-10/h4-5,7H,6H2,1-3H3,(H3,11,12,13). The number of anilines is 2. The zero-order valence-corrected chi connectivity index (χ0v) is 10.2. The summed E-state index contributed by atoms with van der Waals surface area (Å²) in [6, 6.07) is 2.74. The molecule has 94 valence electrons. The molecule has 1 aromatic rings. The molecule has 0 aromatic carbocycles. The van der Waals surface area contributed by atoms with Gasteiger partial charge >= 0.3 is 0 Å². The molecule has 0 spiro atoms. The third-order valence-electron chi connectivity index (χ3n) is 2.07. The lowest BCUT2D eigenvalue weighted by atomic mass is 10.3. The summed E-state index contributed by atoms with van der Waals surface area (Å²) in [5.74, 6) is 0.560. The summed E-state index contributed by atoms with van der Waals surface area (Å²) in [6.45, 7) is 2.76. The van der Waals surface area contributed by atoms with Gasteiger partial charge in [0, 0.05) is 12.6 Å². The summed E-state index contributed by atoms with van der Waals surface area (Å²) in [5, 5.41) is 13.7. The normalized spacial score (nSPS) is 12.5. The quantitative estimate of drug-likeness (QED) is 0.586. The molecule has 0 amide bonds. The highest BCUT2D eigenvalue weighted by Gasteiger charge is 2.11. The van der Waals surface area contributed by atoms with Crippen molar-refractivity contribution in [1.29, 1.82) is 0 Å². The van der Waals surface area contributed by atoms with Crippen molar-refractivity contribution >= 4 is 17.3 Å². The van der Waals surface area contributed by atoms with E-state index in [1.165, 1.54) is 12.1 Å². The maximum atomic E-state index is 10.7. The van der Waals surface area contributed by atoms with Gasteiger partial charge in [0.1, 0.15) is 11.6 Å². The number of nitro groups is 1. The molecule has 0 radical (unpaired) electrons. The minimum absolute atomic E-state index is 0.0583. The van der Waals surface area contributed by atoms with Gasteiger partial charge in [-0.05, 0) is 21.0 Å². The van der Waals surface area contributed by atoms with E-state index in [9.17, 15) is 10.1 Å². The maximum absolute atomic E-state index is 10.7.